The van der Waals surface area contributed by atoms with Crippen LogP contribution in [0.1, 0.15) is 5.69 Å². The van der Waals surface area contributed by atoms with Gasteiger partial charge in [0.2, 0.25) is 5.43 Å². The summed E-state index contributed by atoms with van der Waals surface area (Å²) in [5.41, 5.74) is -0.485. The predicted molar refractivity (Wildman–Crippen MR) is 63.0 cm³/mol. The van der Waals surface area contributed by atoms with Gasteiger partial charge >= 0.3 is 0 Å². The summed E-state index contributed by atoms with van der Waals surface area (Å²) in [6.07, 6.45) is 3.00. The van der Waals surface area contributed by atoms with Crippen LogP contribution in [0.15, 0.2) is 34.3 Å². The van der Waals surface area contributed by atoms with Gasteiger partial charge in [0, 0.05) is 24.5 Å². The second kappa shape index (κ2) is 4.82. The average molecular weight is 250 g/mol. The SMILES string of the molecule is O=c1cc[nH]c(Cn2ccc(N=C=S)n2)c1F. The summed E-state index contributed by atoms with van der Waals surface area (Å²) >= 11 is 4.44. The van der Waals surface area contributed by atoms with Gasteiger partial charge in [0.25, 0.3) is 0 Å². The largest absolute Gasteiger partial charge is 0.361 e. The highest BCUT2D eigenvalue weighted by Gasteiger charge is 2.07. The molecule has 0 aliphatic heterocycles. The lowest BCUT2D eigenvalue weighted by Gasteiger charge is -2.02. The van der Waals surface area contributed by atoms with Gasteiger partial charge in [-0.25, -0.2) is 4.39 Å². The van der Waals surface area contributed by atoms with Gasteiger partial charge in [0.05, 0.1) is 17.4 Å². The number of aromatic nitrogens is 3. The Balaban J connectivity index is 2.28. The molecule has 0 radical (unpaired) electrons. The van der Waals surface area contributed by atoms with Crippen molar-refractivity contribution in [2.45, 2.75) is 6.54 Å². The van der Waals surface area contributed by atoms with Crippen molar-refractivity contribution < 1.29 is 4.39 Å². The van der Waals surface area contributed by atoms with Crippen molar-refractivity contribution in [3.8, 4) is 0 Å². The molecule has 17 heavy (non-hydrogen) atoms. The number of hydrogen-bond acceptors (Lipinski definition) is 4. The maximum Gasteiger partial charge on any atom is 0.217 e. The van der Waals surface area contributed by atoms with E-state index in [4.69, 9.17) is 0 Å². The summed E-state index contributed by atoms with van der Waals surface area (Å²) in [5, 5.41) is 6.18. The van der Waals surface area contributed by atoms with E-state index in [1.165, 1.54) is 10.9 Å². The lowest BCUT2D eigenvalue weighted by Crippen LogP contribution is -2.13. The first kappa shape index (κ1) is 11.4. The molecule has 0 saturated carbocycles. The Morgan fingerprint density at radius 2 is 2.41 bits per heavy atom. The summed E-state index contributed by atoms with van der Waals surface area (Å²) in [7, 11) is 0. The van der Waals surface area contributed by atoms with Crippen LogP contribution >= 0.6 is 12.2 Å². The predicted octanol–water partition coefficient (Wildman–Crippen LogP) is 1.49. The van der Waals surface area contributed by atoms with Crippen LogP contribution in [0.2, 0.25) is 0 Å². The maximum absolute atomic E-state index is 13.4. The molecular weight excluding hydrogens is 243 g/mol. The van der Waals surface area contributed by atoms with E-state index in [2.05, 4.69) is 32.5 Å². The number of H-pyrrole nitrogens is 1. The van der Waals surface area contributed by atoms with Gasteiger partial charge in [-0.05, 0) is 12.2 Å². The molecule has 0 unspecified atom stereocenters. The Hall–Kier alpha value is -2.11. The quantitative estimate of drug-likeness (QED) is 0.663. The zero-order chi connectivity index (χ0) is 12.3. The van der Waals surface area contributed by atoms with Gasteiger partial charge in [0.15, 0.2) is 11.6 Å². The summed E-state index contributed by atoms with van der Waals surface area (Å²) in [4.78, 5) is 17.4. The van der Waals surface area contributed by atoms with Crippen molar-refractivity contribution in [2.75, 3.05) is 0 Å². The smallest absolute Gasteiger partial charge is 0.217 e. The third kappa shape index (κ3) is 2.52. The lowest BCUT2D eigenvalue weighted by atomic mass is 10.3. The molecule has 86 valence electrons. The molecule has 2 aromatic heterocycles. The summed E-state index contributed by atoms with van der Waals surface area (Å²) in [6.45, 7) is 0.120. The molecule has 2 heterocycles. The molecule has 0 amide bonds. The van der Waals surface area contributed by atoms with Gasteiger partial charge in [-0.2, -0.15) is 10.1 Å². The molecule has 0 aliphatic rings. The fourth-order valence-corrected chi connectivity index (χ4v) is 1.42. The normalized spacial score (nSPS) is 9.94. The van der Waals surface area contributed by atoms with E-state index >= 15 is 0 Å². The average Bonchev–Trinajstić information content (AvgIpc) is 2.73. The van der Waals surface area contributed by atoms with Crippen molar-refractivity contribution in [3.05, 3.63) is 46.3 Å². The minimum atomic E-state index is -0.803. The molecule has 0 saturated heterocycles. The molecule has 0 fully saturated rings. The van der Waals surface area contributed by atoms with E-state index in [9.17, 15) is 9.18 Å². The van der Waals surface area contributed by atoms with Crippen molar-refractivity contribution >= 4 is 23.2 Å². The van der Waals surface area contributed by atoms with Gasteiger partial charge < -0.3 is 4.98 Å². The van der Waals surface area contributed by atoms with Crippen LogP contribution in [0.25, 0.3) is 0 Å². The molecular formula is C10H7FN4OS. The van der Waals surface area contributed by atoms with Crippen LogP contribution in [0.5, 0.6) is 0 Å². The topological polar surface area (TPSA) is 63.0 Å². The Bertz CT molecular complexity index is 642. The van der Waals surface area contributed by atoms with Gasteiger partial charge in [-0.15, -0.1) is 0 Å². The van der Waals surface area contributed by atoms with Crippen LogP contribution < -0.4 is 5.43 Å². The van der Waals surface area contributed by atoms with Crippen molar-refractivity contribution in [1.82, 2.24) is 14.8 Å². The molecule has 0 atom stereocenters. The Morgan fingerprint density at radius 1 is 1.59 bits per heavy atom. The Kier molecular flexibility index (Phi) is 3.22. The number of aromatic amines is 1. The van der Waals surface area contributed by atoms with Crippen LogP contribution in [-0.2, 0) is 6.54 Å². The molecule has 2 aromatic rings. The van der Waals surface area contributed by atoms with Crippen molar-refractivity contribution in [3.63, 3.8) is 0 Å². The third-order valence-electron chi connectivity index (χ3n) is 2.08. The van der Waals surface area contributed by atoms with E-state index < -0.39 is 11.2 Å². The maximum atomic E-state index is 13.4. The molecule has 0 aliphatic carbocycles. The molecule has 0 spiro atoms. The molecule has 2 rings (SSSR count). The number of nitrogens with zero attached hydrogens (tertiary/aromatic N) is 3. The number of hydrogen-bond donors (Lipinski definition) is 1. The highest BCUT2D eigenvalue weighted by molar-refractivity contribution is 7.78. The number of aliphatic imine (C=N–C) groups is 1. The second-order valence-electron chi connectivity index (χ2n) is 3.21. The zero-order valence-electron chi connectivity index (χ0n) is 8.55. The number of rotatable bonds is 3. The van der Waals surface area contributed by atoms with Crippen molar-refractivity contribution in [2.24, 2.45) is 4.99 Å². The molecule has 5 nitrogen and oxygen atoms in total. The zero-order valence-corrected chi connectivity index (χ0v) is 9.37. The summed E-state index contributed by atoms with van der Waals surface area (Å²) in [5.74, 6) is -0.415. The molecule has 7 heteroatoms. The van der Waals surface area contributed by atoms with E-state index in [1.54, 1.807) is 12.3 Å². The van der Waals surface area contributed by atoms with Crippen LogP contribution in [0.4, 0.5) is 10.2 Å². The third-order valence-corrected chi connectivity index (χ3v) is 2.17. The van der Waals surface area contributed by atoms with E-state index in [-0.39, 0.29) is 12.2 Å². The summed E-state index contributed by atoms with van der Waals surface area (Å²) in [6, 6.07) is 2.74. The first-order chi connectivity index (χ1) is 8.20. The number of nitrogens with one attached hydrogen (secondary N) is 1. The minimum absolute atomic E-state index is 0.120. The number of pyridine rings is 1. The molecule has 0 aromatic carbocycles. The minimum Gasteiger partial charge on any atom is -0.361 e. The fraction of sp³-hybridized carbons (Fsp3) is 0.100. The highest BCUT2D eigenvalue weighted by atomic mass is 32.1. The Morgan fingerprint density at radius 3 is 3.18 bits per heavy atom. The monoisotopic (exact) mass is 250 g/mol. The van der Waals surface area contributed by atoms with Gasteiger partial charge in [0.1, 0.15) is 0 Å². The Labute approximate surface area is 101 Å². The van der Waals surface area contributed by atoms with Crippen LogP contribution in [0, 0.1) is 5.82 Å². The van der Waals surface area contributed by atoms with Crippen molar-refractivity contribution in [1.29, 1.82) is 0 Å². The van der Waals surface area contributed by atoms with Gasteiger partial charge in [-0.3, -0.25) is 9.48 Å². The van der Waals surface area contributed by atoms with Crippen LogP contribution in [-0.4, -0.2) is 19.9 Å². The molecule has 0 bridgehead atoms. The summed E-state index contributed by atoms with van der Waals surface area (Å²) < 4.78 is 14.8. The van der Waals surface area contributed by atoms with Gasteiger partial charge in [-0.1, -0.05) is 0 Å². The van der Waals surface area contributed by atoms with E-state index in [0.29, 0.717) is 5.82 Å². The number of halogens is 1. The van der Waals surface area contributed by atoms with Crippen LogP contribution in [0.3, 0.4) is 0 Å². The second-order valence-corrected chi connectivity index (χ2v) is 3.39. The lowest BCUT2D eigenvalue weighted by molar-refractivity contribution is 0.563. The highest BCUT2D eigenvalue weighted by Crippen LogP contribution is 2.07. The van der Waals surface area contributed by atoms with E-state index in [0.717, 1.165) is 6.07 Å². The number of isothiocyanates is 1. The van der Waals surface area contributed by atoms with E-state index in [1.807, 2.05) is 0 Å². The molecule has 1 N–H and O–H groups in total. The number of thiocarbonyl (C=S) groups is 1. The first-order valence-electron chi connectivity index (χ1n) is 4.68. The fourth-order valence-electron chi connectivity index (χ4n) is 1.33. The standard InChI is InChI=1S/C10H7FN4OS/c11-10-7(12-3-1-8(10)16)5-15-4-2-9(14-15)13-6-17/h1-4H,5H2,(H,12,16). The first-order valence-corrected chi connectivity index (χ1v) is 5.09.